The van der Waals surface area contributed by atoms with Crippen LogP contribution in [0, 0.1) is 0 Å². The summed E-state index contributed by atoms with van der Waals surface area (Å²) in [4.78, 5) is 16.3. The van der Waals surface area contributed by atoms with Crippen molar-refractivity contribution in [3.05, 3.63) is 105 Å². The van der Waals surface area contributed by atoms with Crippen LogP contribution < -0.4 is 0 Å². The number of benzene rings is 3. The maximum Gasteiger partial charge on any atom is 0.163 e. The lowest BCUT2D eigenvalue weighted by Gasteiger charge is -2.17. The van der Waals surface area contributed by atoms with Gasteiger partial charge >= 0.3 is 0 Å². The summed E-state index contributed by atoms with van der Waals surface area (Å²) in [5, 5.41) is 1.76. The van der Waals surface area contributed by atoms with E-state index in [4.69, 9.17) is 11.6 Å². The van der Waals surface area contributed by atoms with Gasteiger partial charge in [-0.15, -0.1) is 0 Å². The maximum atomic E-state index is 13.0. The molecular weight excluding hydrogens is 422 g/mol. The summed E-state index contributed by atoms with van der Waals surface area (Å²) >= 11 is 9.52. The van der Waals surface area contributed by atoms with Crippen LogP contribution in [0.15, 0.2) is 83.5 Å². The van der Waals surface area contributed by atoms with Gasteiger partial charge < -0.3 is 4.98 Å². The van der Waals surface area contributed by atoms with Gasteiger partial charge in [0.15, 0.2) is 5.78 Å². The van der Waals surface area contributed by atoms with E-state index >= 15 is 0 Å². The van der Waals surface area contributed by atoms with Crippen LogP contribution in [-0.2, 0) is 0 Å². The molecule has 0 radical (unpaired) electrons. The number of hydrogen-bond donors (Lipinski definition) is 1. The number of Topliss-reactive ketones (excluding diaryl/α,β-unsaturated/α-hetero) is 1. The fourth-order valence-electron chi connectivity index (χ4n) is 3.43. The van der Waals surface area contributed by atoms with Gasteiger partial charge in [0.25, 0.3) is 0 Å². The molecule has 0 bridgehead atoms. The molecule has 1 aromatic heterocycles. The van der Waals surface area contributed by atoms with Crippen LogP contribution in [0.3, 0.4) is 0 Å². The van der Waals surface area contributed by atoms with Crippen molar-refractivity contribution in [3.8, 4) is 0 Å². The van der Waals surface area contributed by atoms with Crippen molar-refractivity contribution in [3.63, 3.8) is 0 Å². The van der Waals surface area contributed by atoms with E-state index in [-0.39, 0.29) is 11.7 Å². The number of halogens is 2. The zero-order chi connectivity index (χ0) is 18.8. The van der Waals surface area contributed by atoms with Crippen molar-refractivity contribution in [2.75, 3.05) is 0 Å². The van der Waals surface area contributed by atoms with Crippen LogP contribution in [0.25, 0.3) is 10.9 Å². The monoisotopic (exact) mass is 437 g/mol. The van der Waals surface area contributed by atoms with Crippen molar-refractivity contribution < 1.29 is 4.79 Å². The van der Waals surface area contributed by atoms with Gasteiger partial charge in [0.2, 0.25) is 0 Å². The predicted octanol–water partition coefficient (Wildman–Crippen LogP) is 6.99. The molecule has 0 aliphatic rings. The highest BCUT2D eigenvalue weighted by atomic mass is 79.9. The summed E-state index contributed by atoms with van der Waals surface area (Å²) in [6.45, 7) is 0. The minimum absolute atomic E-state index is 0.0302. The molecule has 0 spiro atoms. The molecule has 2 nitrogen and oxygen atoms in total. The Balaban J connectivity index is 1.76. The summed E-state index contributed by atoms with van der Waals surface area (Å²) < 4.78 is 1.02. The Morgan fingerprint density at radius 3 is 2.48 bits per heavy atom. The summed E-state index contributed by atoms with van der Waals surface area (Å²) in [6, 6.07) is 23.4. The summed E-state index contributed by atoms with van der Waals surface area (Å²) in [5.74, 6) is 0.0716. The molecule has 0 fully saturated rings. The number of fused-ring (bicyclic) bond motifs is 1. The van der Waals surface area contributed by atoms with Crippen molar-refractivity contribution in [2.45, 2.75) is 12.3 Å². The molecule has 0 aliphatic heterocycles. The molecule has 27 heavy (non-hydrogen) atoms. The molecule has 4 rings (SSSR count). The van der Waals surface area contributed by atoms with E-state index < -0.39 is 0 Å². The van der Waals surface area contributed by atoms with E-state index in [1.807, 2.05) is 36.5 Å². The molecule has 4 heteroatoms. The SMILES string of the molecule is O=C(CC(c1ccccc1)c1c[nH]c2ccc(Br)cc12)c1ccc(Cl)cc1. The Morgan fingerprint density at radius 1 is 1.00 bits per heavy atom. The number of ketones is 1. The molecule has 1 atom stereocenters. The first-order chi connectivity index (χ1) is 13.1. The fourth-order valence-corrected chi connectivity index (χ4v) is 3.92. The number of carbonyl (C=O) groups is 1. The molecule has 4 aromatic rings. The Bertz CT molecular complexity index is 1090. The van der Waals surface area contributed by atoms with Crippen LogP contribution in [0.2, 0.25) is 5.02 Å². The Kier molecular flexibility index (Phi) is 5.15. The third-order valence-electron chi connectivity index (χ3n) is 4.81. The highest BCUT2D eigenvalue weighted by molar-refractivity contribution is 9.10. The number of rotatable bonds is 5. The van der Waals surface area contributed by atoms with Gasteiger partial charge in [-0.3, -0.25) is 4.79 Å². The second-order valence-corrected chi connectivity index (χ2v) is 7.88. The average molecular weight is 439 g/mol. The maximum absolute atomic E-state index is 13.0. The molecule has 0 amide bonds. The van der Waals surface area contributed by atoms with Gasteiger partial charge in [-0.2, -0.15) is 0 Å². The Morgan fingerprint density at radius 2 is 1.74 bits per heavy atom. The lowest BCUT2D eigenvalue weighted by atomic mass is 9.85. The van der Waals surface area contributed by atoms with Crippen LogP contribution in [0.5, 0.6) is 0 Å². The van der Waals surface area contributed by atoms with Gasteiger partial charge in [0, 0.05) is 44.5 Å². The second-order valence-electron chi connectivity index (χ2n) is 6.53. The van der Waals surface area contributed by atoms with E-state index in [1.165, 1.54) is 0 Å². The molecule has 134 valence electrons. The largest absolute Gasteiger partial charge is 0.361 e. The Hall–Kier alpha value is -2.36. The van der Waals surface area contributed by atoms with Gasteiger partial charge in [-0.1, -0.05) is 57.9 Å². The van der Waals surface area contributed by atoms with E-state index in [2.05, 4.69) is 39.1 Å². The van der Waals surface area contributed by atoms with Gasteiger partial charge in [-0.25, -0.2) is 0 Å². The highest BCUT2D eigenvalue weighted by Crippen LogP contribution is 2.35. The van der Waals surface area contributed by atoms with E-state index in [9.17, 15) is 4.79 Å². The first-order valence-corrected chi connectivity index (χ1v) is 9.89. The third-order valence-corrected chi connectivity index (χ3v) is 5.55. The third kappa shape index (κ3) is 3.85. The lowest BCUT2D eigenvalue weighted by Crippen LogP contribution is -2.09. The number of hydrogen-bond acceptors (Lipinski definition) is 1. The minimum atomic E-state index is -0.0302. The number of nitrogens with one attached hydrogen (secondary N) is 1. The summed E-state index contributed by atoms with van der Waals surface area (Å²) in [6.07, 6.45) is 2.41. The van der Waals surface area contributed by atoms with Gasteiger partial charge in [0.1, 0.15) is 0 Å². The number of H-pyrrole nitrogens is 1. The van der Waals surface area contributed by atoms with E-state index in [0.29, 0.717) is 17.0 Å². The van der Waals surface area contributed by atoms with E-state index in [0.717, 1.165) is 26.5 Å². The zero-order valence-electron chi connectivity index (χ0n) is 14.5. The molecule has 0 aliphatic carbocycles. The molecule has 1 N–H and O–H groups in total. The van der Waals surface area contributed by atoms with Crippen molar-refractivity contribution in [1.29, 1.82) is 0 Å². The number of carbonyl (C=O) groups excluding carboxylic acids is 1. The summed E-state index contributed by atoms with van der Waals surface area (Å²) in [7, 11) is 0. The minimum Gasteiger partial charge on any atom is -0.361 e. The predicted molar refractivity (Wildman–Crippen MR) is 115 cm³/mol. The van der Waals surface area contributed by atoms with E-state index in [1.54, 1.807) is 24.3 Å². The smallest absolute Gasteiger partial charge is 0.163 e. The molecule has 3 aromatic carbocycles. The average Bonchev–Trinajstić information content (AvgIpc) is 3.10. The standard InChI is InChI=1S/C23H17BrClNO/c24-17-8-11-22-20(12-17)21(14-26-22)19(15-4-2-1-3-5-15)13-23(27)16-6-9-18(25)10-7-16/h1-12,14,19,26H,13H2. The number of aromatic nitrogens is 1. The second kappa shape index (κ2) is 7.71. The zero-order valence-corrected chi connectivity index (χ0v) is 16.8. The first-order valence-electron chi connectivity index (χ1n) is 8.72. The highest BCUT2D eigenvalue weighted by Gasteiger charge is 2.22. The van der Waals surface area contributed by atoms with Crippen molar-refractivity contribution >= 4 is 44.2 Å². The van der Waals surface area contributed by atoms with Crippen LogP contribution in [0.1, 0.15) is 33.8 Å². The molecule has 1 heterocycles. The Labute approximate surface area is 171 Å². The van der Waals surface area contributed by atoms with Crippen LogP contribution in [0.4, 0.5) is 0 Å². The van der Waals surface area contributed by atoms with Gasteiger partial charge in [0.05, 0.1) is 0 Å². The fraction of sp³-hybridized carbons (Fsp3) is 0.0870. The van der Waals surface area contributed by atoms with Crippen LogP contribution in [-0.4, -0.2) is 10.8 Å². The first kappa shape index (κ1) is 18.0. The van der Waals surface area contributed by atoms with Crippen LogP contribution >= 0.6 is 27.5 Å². The topological polar surface area (TPSA) is 32.9 Å². The van der Waals surface area contributed by atoms with Crippen molar-refractivity contribution in [2.24, 2.45) is 0 Å². The molecule has 1 unspecified atom stereocenters. The normalized spacial score (nSPS) is 12.2. The molecule has 0 saturated carbocycles. The molecule has 0 saturated heterocycles. The molecular formula is C23H17BrClNO. The van der Waals surface area contributed by atoms with Crippen molar-refractivity contribution in [1.82, 2.24) is 4.98 Å². The number of aromatic amines is 1. The lowest BCUT2D eigenvalue weighted by molar-refractivity contribution is 0.0978. The summed E-state index contributed by atoms with van der Waals surface area (Å²) in [5.41, 5.74) is 4.00. The van der Waals surface area contributed by atoms with Gasteiger partial charge in [-0.05, 0) is 53.6 Å². The quantitative estimate of drug-likeness (QED) is 0.335.